The molecule has 2 spiro atoms. The molecule has 0 aromatic heterocycles. The van der Waals surface area contributed by atoms with E-state index in [1.807, 2.05) is 12.1 Å². The predicted molar refractivity (Wildman–Crippen MR) is 79.2 cm³/mol. The average Bonchev–Trinajstić information content (AvgIpc) is 3.45. The van der Waals surface area contributed by atoms with Crippen LogP contribution in [-0.4, -0.2) is 11.6 Å². The molecular weight excluding hydrogens is 276 g/mol. The quantitative estimate of drug-likeness (QED) is 0.687. The predicted octanol–water partition coefficient (Wildman–Crippen LogP) is 3.24. The monoisotopic (exact) mass is 296 g/mol. The number of hydrogen-bond acceptors (Lipinski definition) is 4. The maximum atomic E-state index is 11.1. The van der Waals surface area contributed by atoms with Crippen molar-refractivity contribution in [2.45, 2.75) is 57.8 Å². The fraction of sp³-hybridized carbons (Fsp3) is 0.667. The third-order valence-corrected chi connectivity index (χ3v) is 5.65. The van der Waals surface area contributed by atoms with Gasteiger partial charge in [-0.05, 0) is 55.8 Å². The average molecular weight is 296 g/mol. The van der Waals surface area contributed by atoms with Gasteiger partial charge in [0.2, 0.25) is 0 Å². The molecule has 4 nitrogen and oxygen atoms in total. The van der Waals surface area contributed by atoms with Crippen LogP contribution in [0, 0.1) is 39.4 Å². The topological polar surface area (TPSA) is 81.7 Å². The molecule has 4 aliphatic rings. The van der Waals surface area contributed by atoms with Crippen LogP contribution in [0.3, 0.4) is 0 Å². The number of Topliss-reactive ketones (excluding diaryl/α,β-unsaturated/α-hetero) is 2. The Morgan fingerprint density at radius 1 is 1.00 bits per heavy atom. The number of nitriles is 2. The summed E-state index contributed by atoms with van der Waals surface area (Å²) in [7, 11) is 0. The van der Waals surface area contributed by atoms with Gasteiger partial charge >= 0.3 is 0 Å². The van der Waals surface area contributed by atoms with E-state index in [0.29, 0.717) is 23.8 Å². The molecule has 3 saturated carbocycles. The third-order valence-electron chi connectivity index (χ3n) is 5.65. The Balaban J connectivity index is 0.000000131. The van der Waals surface area contributed by atoms with Crippen molar-refractivity contribution < 1.29 is 9.59 Å². The van der Waals surface area contributed by atoms with Crippen molar-refractivity contribution in [3.05, 3.63) is 11.6 Å². The summed E-state index contributed by atoms with van der Waals surface area (Å²) in [6.45, 7) is 0. The minimum Gasteiger partial charge on any atom is -0.298 e. The van der Waals surface area contributed by atoms with Crippen LogP contribution in [0.2, 0.25) is 0 Å². The summed E-state index contributed by atoms with van der Waals surface area (Å²) in [6, 6.07) is 4.06. The maximum absolute atomic E-state index is 11.1. The van der Waals surface area contributed by atoms with Crippen LogP contribution in [0.1, 0.15) is 57.8 Å². The molecule has 0 aromatic carbocycles. The Morgan fingerprint density at radius 2 is 1.73 bits per heavy atom. The minimum absolute atomic E-state index is 0.0324. The van der Waals surface area contributed by atoms with Gasteiger partial charge in [0, 0.05) is 12.8 Å². The van der Waals surface area contributed by atoms with E-state index in [0.717, 1.165) is 19.3 Å². The second kappa shape index (κ2) is 5.36. The Morgan fingerprint density at radius 3 is 2.27 bits per heavy atom. The smallest absolute Gasteiger partial charge is 0.173 e. The molecule has 0 saturated heterocycles. The summed E-state index contributed by atoms with van der Waals surface area (Å²) >= 11 is 0. The molecule has 0 amide bonds. The van der Waals surface area contributed by atoms with Crippen molar-refractivity contribution in [1.82, 2.24) is 0 Å². The first kappa shape index (κ1) is 15.0. The van der Waals surface area contributed by atoms with Crippen molar-refractivity contribution in [2.75, 3.05) is 0 Å². The largest absolute Gasteiger partial charge is 0.298 e. The summed E-state index contributed by atoms with van der Waals surface area (Å²) in [4.78, 5) is 22.2. The molecule has 22 heavy (non-hydrogen) atoms. The normalized spacial score (nSPS) is 29.7. The van der Waals surface area contributed by atoms with Gasteiger partial charge < -0.3 is 0 Å². The van der Waals surface area contributed by atoms with Gasteiger partial charge in [-0.3, -0.25) is 9.59 Å². The standard InChI is InChI=1S/C9H11NO.C9H9NO/c2*10-6-7-5-9(3-4-9)2-1-8(7)11/h7H,1-5H2;5H,1-4H2. The first-order chi connectivity index (χ1) is 10.5. The number of carbonyl (C=O) groups is 2. The van der Waals surface area contributed by atoms with Crippen molar-refractivity contribution in [3.63, 3.8) is 0 Å². The van der Waals surface area contributed by atoms with Gasteiger partial charge in [-0.1, -0.05) is 6.08 Å². The van der Waals surface area contributed by atoms with E-state index in [4.69, 9.17) is 10.5 Å². The molecule has 0 aliphatic heterocycles. The summed E-state index contributed by atoms with van der Waals surface area (Å²) in [5.41, 5.74) is 1.11. The van der Waals surface area contributed by atoms with Crippen LogP contribution in [0.25, 0.3) is 0 Å². The number of nitrogens with zero attached hydrogens (tertiary/aromatic N) is 2. The zero-order valence-electron chi connectivity index (χ0n) is 12.7. The van der Waals surface area contributed by atoms with E-state index < -0.39 is 0 Å². The third kappa shape index (κ3) is 2.97. The zero-order chi connectivity index (χ0) is 15.8. The highest BCUT2D eigenvalue weighted by atomic mass is 16.1. The molecule has 0 radical (unpaired) electrons. The lowest BCUT2D eigenvalue weighted by atomic mass is 9.79. The zero-order valence-corrected chi connectivity index (χ0v) is 12.7. The first-order valence-electron chi connectivity index (χ1n) is 8.10. The molecule has 3 fully saturated rings. The second-order valence-electron chi connectivity index (χ2n) is 7.31. The van der Waals surface area contributed by atoms with E-state index in [1.54, 1.807) is 0 Å². The van der Waals surface area contributed by atoms with E-state index >= 15 is 0 Å². The molecule has 0 bridgehead atoms. The molecule has 0 aromatic rings. The highest BCUT2D eigenvalue weighted by Gasteiger charge is 2.48. The van der Waals surface area contributed by atoms with Crippen molar-refractivity contribution in [3.8, 4) is 12.1 Å². The van der Waals surface area contributed by atoms with Gasteiger partial charge in [0.05, 0.1) is 11.6 Å². The van der Waals surface area contributed by atoms with Crippen molar-refractivity contribution in [1.29, 1.82) is 10.5 Å². The van der Waals surface area contributed by atoms with Crippen molar-refractivity contribution in [2.24, 2.45) is 16.7 Å². The highest BCUT2D eigenvalue weighted by molar-refractivity contribution is 6.00. The second-order valence-corrected chi connectivity index (χ2v) is 7.31. The number of allylic oxidation sites excluding steroid dienone is 2. The first-order valence-corrected chi connectivity index (χ1v) is 8.10. The van der Waals surface area contributed by atoms with E-state index in [-0.39, 0.29) is 22.9 Å². The fourth-order valence-corrected chi connectivity index (χ4v) is 3.57. The van der Waals surface area contributed by atoms with E-state index in [1.165, 1.54) is 25.7 Å². The van der Waals surface area contributed by atoms with Crippen molar-refractivity contribution >= 4 is 11.6 Å². The van der Waals surface area contributed by atoms with Crippen LogP contribution in [0.15, 0.2) is 11.6 Å². The van der Waals surface area contributed by atoms with E-state index in [2.05, 4.69) is 6.07 Å². The number of carbonyl (C=O) groups excluding carboxylic acids is 2. The number of ketones is 2. The Bertz CT molecular complexity index is 624. The number of hydrogen-bond donors (Lipinski definition) is 0. The van der Waals surface area contributed by atoms with Gasteiger partial charge in [0.25, 0.3) is 0 Å². The minimum atomic E-state index is -0.272. The summed E-state index contributed by atoms with van der Waals surface area (Å²) in [5.74, 6) is -0.0682. The molecule has 0 N–H and O–H groups in total. The molecule has 0 heterocycles. The Kier molecular flexibility index (Phi) is 3.65. The van der Waals surface area contributed by atoms with Crippen LogP contribution in [0.4, 0.5) is 0 Å². The van der Waals surface area contributed by atoms with E-state index in [9.17, 15) is 9.59 Å². The molecule has 4 rings (SSSR count). The summed E-state index contributed by atoms with van der Waals surface area (Å²) in [5, 5.41) is 17.2. The van der Waals surface area contributed by atoms with Gasteiger partial charge in [-0.2, -0.15) is 10.5 Å². The molecular formula is C18H20N2O2. The molecule has 114 valence electrons. The van der Waals surface area contributed by atoms with Crippen LogP contribution < -0.4 is 0 Å². The highest BCUT2D eigenvalue weighted by Crippen LogP contribution is 2.56. The van der Waals surface area contributed by atoms with Gasteiger partial charge in [-0.15, -0.1) is 0 Å². The summed E-state index contributed by atoms with van der Waals surface area (Å²) in [6.07, 6.45) is 10.8. The lowest BCUT2D eigenvalue weighted by molar-refractivity contribution is -0.124. The number of rotatable bonds is 0. The molecule has 1 unspecified atom stereocenters. The molecule has 4 aliphatic carbocycles. The van der Waals surface area contributed by atoms with Crippen LogP contribution in [0.5, 0.6) is 0 Å². The van der Waals surface area contributed by atoms with Crippen LogP contribution >= 0.6 is 0 Å². The SMILES string of the molecule is N#CC1=CC2(CCC1=O)CC2.N#CC1CC2(CCC1=O)CC2. The van der Waals surface area contributed by atoms with Gasteiger partial charge in [0.1, 0.15) is 17.8 Å². The molecule has 1 atom stereocenters. The lowest BCUT2D eigenvalue weighted by Gasteiger charge is -2.23. The van der Waals surface area contributed by atoms with Gasteiger partial charge in [0.15, 0.2) is 5.78 Å². The Hall–Kier alpha value is -1.94. The lowest BCUT2D eigenvalue weighted by Crippen LogP contribution is -2.24. The maximum Gasteiger partial charge on any atom is 0.173 e. The van der Waals surface area contributed by atoms with Gasteiger partial charge in [-0.25, -0.2) is 0 Å². The van der Waals surface area contributed by atoms with Crippen LogP contribution in [-0.2, 0) is 9.59 Å². The Labute approximate surface area is 130 Å². The summed E-state index contributed by atoms with van der Waals surface area (Å²) < 4.78 is 0. The fourth-order valence-electron chi connectivity index (χ4n) is 3.57. The molecule has 4 heteroatoms.